The average molecular weight is 388 g/mol. The Morgan fingerprint density at radius 2 is 2.08 bits per heavy atom. The topological polar surface area (TPSA) is 72.2 Å². The molecule has 0 radical (unpaired) electrons. The summed E-state index contributed by atoms with van der Waals surface area (Å²) in [6.45, 7) is 5.92. The lowest BCUT2D eigenvalue weighted by Crippen LogP contribution is -2.14. The molecular formula is C17H18BrN5O. The molecule has 0 spiro atoms. The predicted molar refractivity (Wildman–Crippen MR) is 96.1 cm³/mol. The number of hydrogen-bond acceptors (Lipinski definition) is 4. The number of amides is 1. The molecule has 0 aliphatic heterocycles. The highest BCUT2D eigenvalue weighted by atomic mass is 79.9. The minimum absolute atomic E-state index is 0.0305. The Morgan fingerprint density at radius 3 is 2.83 bits per heavy atom. The van der Waals surface area contributed by atoms with E-state index in [2.05, 4.69) is 36.3 Å². The Labute approximate surface area is 148 Å². The van der Waals surface area contributed by atoms with Gasteiger partial charge < -0.3 is 5.32 Å². The minimum atomic E-state index is -0.0305. The molecular weight excluding hydrogens is 370 g/mol. The third kappa shape index (κ3) is 3.31. The van der Waals surface area contributed by atoms with Crippen LogP contribution in [0.1, 0.15) is 28.9 Å². The van der Waals surface area contributed by atoms with Crippen LogP contribution in [0.3, 0.4) is 0 Å². The normalized spacial score (nSPS) is 11.0. The number of rotatable bonds is 4. The van der Waals surface area contributed by atoms with Crippen molar-refractivity contribution in [2.75, 3.05) is 5.32 Å². The van der Waals surface area contributed by atoms with Crippen molar-refractivity contribution in [1.82, 2.24) is 19.6 Å². The first-order valence-electron chi connectivity index (χ1n) is 7.67. The van der Waals surface area contributed by atoms with Gasteiger partial charge in [-0.25, -0.2) is 9.50 Å². The van der Waals surface area contributed by atoms with Crippen LogP contribution in [0.15, 0.2) is 29.0 Å². The van der Waals surface area contributed by atoms with Gasteiger partial charge in [-0.1, -0.05) is 6.07 Å². The third-order valence-corrected chi connectivity index (χ3v) is 4.65. The van der Waals surface area contributed by atoms with Gasteiger partial charge in [-0.05, 0) is 66.4 Å². The monoisotopic (exact) mass is 387 g/mol. The Bertz CT molecular complexity index is 919. The molecule has 1 aromatic carbocycles. The fourth-order valence-electron chi connectivity index (χ4n) is 2.69. The van der Waals surface area contributed by atoms with E-state index in [0.717, 1.165) is 32.7 Å². The standard InChI is InChI=1S/C17H18BrN5O/c1-10-4-6-15(14(18)8-10)22-16(24)7-5-13-11(2)21-17-19-9-20-23(17)12(13)3/h4,6,8-9H,5,7H2,1-3H3,(H,22,24). The van der Waals surface area contributed by atoms with Gasteiger partial charge in [0.05, 0.1) is 5.69 Å². The van der Waals surface area contributed by atoms with Crippen molar-refractivity contribution < 1.29 is 4.79 Å². The summed E-state index contributed by atoms with van der Waals surface area (Å²) in [7, 11) is 0. The second kappa shape index (κ2) is 6.68. The first-order valence-corrected chi connectivity index (χ1v) is 8.47. The molecule has 3 rings (SSSR count). The number of benzene rings is 1. The highest BCUT2D eigenvalue weighted by Crippen LogP contribution is 2.24. The van der Waals surface area contributed by atoms with Crippen LogP contribution in [-0.2, 0) is 11.2 Å². The van der Waals surface area contributed by atoms with E-state index in [1.54, 1.807) is 4.52 Å². The van der Waals surface area contributed by atoms with Crippen molar-refractivity contribution >= 4 is 33.3 Å². The number of nitrogens with zero attached hydrogens (tertiary/aromatic N) is 4. The van der Waals surface area contributed by atoms with Crippen LogP contribution in [0.2, 0.25) is 0 Å². The van der Waals surface area contributed by atoms with Gasteiger partial charge in [0.2, 0.25) is 5.91 Å². The smallest absolute Gasteiger partial charge is 0.252 e. The van der Waals surface area contributed by atoms with Crippen molar-refractivity contribution in [2.45, 2.75) is 33.6 Å². The van der Waals surface area contributed by atoms with Gasteiger partial charge in [-0.2, -0.15) is 10.1 Å². The molecule has 2 aromatic heterocycles. The summed E-state index contributed by atoms with van der Waals surface area (Å²) in [5, 5.41) is 7.11. The molecule has 7 heteroatoms. The molecule has 1 N–H and O–H groups in total. The number of carbonyl (C=O) groups is 1. The summed E-state index contributed by atoms with van der Waals surface area (Å²) < 4.78 is 2.59. The van der Waals surface area contributed by atoms with Crippen LogP contribution in [-0.4, -0.2) is 25.5 Å². The molecule has 0 aliphatic carbocycles. The Morgan fingerprint density at radius 1 is 1.29 bits per heavy atom. The number of anilines is 1. The van der Waals surface area contributed by atoms with Gasteiger partial charge in [-0.3, -0.25) is 4.79 Å². The molecule has 0 saturated heterocycles. The molecule has 2 heterocycles. The molecule has 6 nitrogen and oxygen atoms in total. The molecule has 1 amide bonds. The zero-order chi connectivity index (χ0) is 17.3. The van der Waals surface area contributed by atoms with Crippen LogP contribution in [0.25, 0.3) is 5.78 Å². The van der Waals surface area contributed by atoms with Gasteiger partial charge in [0.25, 0.3) is 5.78 Å². The number of halogens is 1. The molecule has 0 atom stereocenters. The van der Waals surface area contributed by atoms with Crippen LogP contribution in [0, 0.1) is 20.8 Å². The van der Waals surface area contributed by atoms with Gasteiger partial charge in [0, 0.05) is 22.3 Å². The van der Waals surface area contributed by atoms with Crippen LogP contribution in [0.4, 0.5) is 5.69 Å². The summed E-state index contributed by atoms with van der Waals surface area (Å²) in [5.41, 5.74) is 4.81. The SMILES string of the molecule is Cc1ccc(NC(=O)CCc2c(C)nc3ncnn3c2C)c(Br)c1. The van der Waals surface area contributed by atoms with E-state index in [1.807, 2.05) is 39.0 Å². The van der Waals surface area contributed by atoms with Crippen molar-refractivity contribution in [1.29, 1.82) is 0 Å². The number of aryl methyl sites for hydroxylation is 3. The third-order valence-electron chi connectivity index (χ3n) is 3.99. The van der Waals surface area contributed by atoms with Crippen molar-refractivity contribution in [3.63, 3.8) is 0 Å². The van der Waals surface area contributed by atoms with E-state index in [-0.39, 0.29) is 5.91 Å². The zero-order valence-electron chi connectivity index (χ0n) is 13.8. The largest absolute Gasteiger partial charge is 0.325 e. The zero-order valence-corrected chi connectivity index (χ0v) is 15.4. The molecule has 0 bridgehead atoms. The molecule has 24 heavy (non-hydrogen) atoms. The fourth-order valence-corrected chi connectivity index (χ4v) is 3.28. The second-order valence-corrected chi connectivity index (χ2v) is 6.62. The van der Waals surface area contributed by atoms with E-state index in [4.69, 9.17) is 0 Å². The first-order chi connectivity index (χ1) is 11.5. The minimum Gasteiger partial charge on any atom is -0.325 e. The summed E-state index contributed by atoms with van der Waals surface area (Å²) in [4.78, 5) is 20.8. The highest BCUT2D eigenvalue weighted by Gasteiger charge is 2.13. The quantitative estimate of drug-likeness (QED) is 0.744. The average Bonchev–Trinajstić information content (AvgIpc) is 2.98. The highest BCUT2D eigenvalue weighted by molar-refractivity contribution is 9.10. The number of fused-ring (bicyclic) bond motifs is 1. The number of aromatic nitrogens is 4. The molecule has 0 fully saturated rings. The maximum absolute atomic E-state index is 12.3. The van der Waals surface area contributed by atoms with Crippen LogP contribution in [0.5, 0.6) is 0 Å². The number of nitrogens with one attached hydrogen (secondary N) is 1. The van der Waals surface area contributed by atoms with E-state index in [9.17, 15) is 4.79 Å². The van der Waals surface area contributed by atoms with Gasteiger partial charge >= 0.3 is 0 Å². The molecule has 0 aliphatic rings. The molecule has 3 aromatic rings. The van der Waals surface area contributed by atoms with E-state index >= 15 is 0 Å². The Kier molecular flexibility index (Phi) is 4.62. The van der Waals surface area contributed by atoms with E-state index < -0.39 is 0 Å². The first kappa shape index (κ1) is 16.6. The number of carbonyl (C=O) groups excluding carboxylic acids is 1. The molecule has 0 unspecified atom stereocenters. The summed E-state index contributed by atoms with van der Waals surface area (Å²) in [5.74, 6) is 0.554. The lowest BCUT2D eigenvalue weighted by molar-refractivity contribution is -0.116. The van der Waals surface area contributed by atoms with E-state index in [0.29, 0.717) is 18.6 Å². The summed E-state index contributed by atoms with van der Waals surface area (Å²) in [6.07, 6.45) is 2.47. The van der Waals surface area contributed by atoms with E-state index in [1.165, 1.54) is 6.33 Å². The molecule has 124 valence electrons. The predicted octanol–water partition coefficient (Wildman–Crippen LogP) is 3.38. The van der Waals surface area contributed by atoms with Gasteiger partial charge in [0.15, 0.2) is 0 Å². The van der Waals surface area contributed by atoms with Crippen molar-refractivity contribution in [2.24, 2.45) is 0 Å². The maximum atomic E-state index is 12.3. The Balaban J connectivity index is 1.72. The van der Waals surface area contributed by atoms with Crippen LogP contribution >= 0.6 is 15.9 Å². The lowest BCUT2D eigenvalue weighted by Gasteiger charge is -2.11. The lowest BCUT2D eigenvalue weighted by atomic mass is 10.1. The van der Waals surface area contributed by atoms with Crippen molar-refractivity contribution in [3.05, 3.63) is 51.5 Å². The van der Waals surface area contributed by atoms with Gasteiger partial charge in [-0.15, -0.1) is 0 Å². The maximum Gasteiger partial charge on any atom is 0.252 e. The fraction of sp³-hybridized carbons (Fsp3) is 0.294. The van der Waals surface area contributed by atoms with Crippen LogP contribution < -0.4 is 5.32 Å². The number of hydrogen-bond donors (Lipinski definition) is 1. The second-order valence-electron chi connectivity index (χ2n) is 5.76. The summed E-state index contributed by atoms with van der Waals surface area (Å²) >= 11 is 3.47. The van der Waals surface area contributed by atoms with Gasteiger partial charge in [0.1, 0.15) is 6.33 Å². The van der Waals surface area contributed by atoms with Crippen molar-refractivity contribution in [3.8, 4) is 0 Å². The summed E-state index contributed by atoms with van der Waals surface area (Å²) in [6, 6.07) is 5.85. The Hall–Kier alpha value is -2.28. The molecule has 0 saturated carbocycles.